The number of halogens is 2. The Kier molecular flexibility index (Phi) is 6.87. The number of sulfonamides is 1. The molecule has 0 bridgehead atoms. The van der Waals surface area contributed by atoms with E-state index in [1.165, 1.54) is 36.7 Å². The maximum Gasteiger partial charge on any atom is 0.245 e. The van der Waals surface area contributed by atoms with Gasteiger partial charge in [0.25, 0.3) is 0 Å². The Labute approximate surface area is 184 Å². The molecular weight excluding hydrogens is 453 g/mol. The number of benzene rings is 2. The SMILES string of the molecule is CCN(Cc1nc(-c2ccc(OC)c(OC)c2)no1)S(=O)(=O)c1cc(Cl)ccc1Cl. The largest absolute Gasteiger partial charge is 0.493 e. The fourth-order valence-electron chi connectivity index (χ4n) is 2.74. The van der Waals surface area contributed by atoms with Crippen molar-refractivity contribution in [3.63, 3.8) is 0 Å². The Bertz CT molecular complexity index is 1150. The summed E-state index contributed by atoms with van der Waals surface area (Å²) >= 11 is 12.0. The zero-order valence-electron chi connectivity index (χ0n) is 16.4. The molecule has 0 spiro atoms. The van der Waals surface area contributed by atoms with E-state index in [4.69, 9.17) is 37.2 Å². The van der Waals surface area contributed by atoms with Crippen molar-refractivity contribution in [3.05, 3.63) is 52.3 Å². The second-order valence-corrected chi connectivity index (χ2v) is 8.84. The zero-order valence-corrected chi connectivity index (χ0v) is 18.8. The molecule has 1 aromatic heterocycles. The van der Waals surface area contributed by atoms with Crippen LogP contribution in [0, 0.1) is 0 Å². The molecular formula is C19H19Cl2N3O5S. The lowest BCUT2D eigenvalue weighted by atomic mass is 10.2. The van der Waals surface area contributed by atoms with E-state index in [1.807, 2.05) is 0 Å². The van der Waals surface area contributed by atoms with Crippen LogP contribution in [-0.2, 0) is 16.6 Å². The summed E-state index contributed by atoms with van der Waals surface area (Å²) in [6.07, 6.45) is 0. The van der Waals surface area contributed by atoms with Crippen molar-refractivity contribution in [1.82, 2.24) is 14.4 Å². The van der Waals surface area contributed by atoms with Crippen molar-refractivity contribution in [2.45, 2.75) is 18.4 Å². The highest BCUT2D eigenvalue weighted by atomic mass is 35.5. The first-order valence-corrected chi connectivity index (χ1v) is 11.0. The second-order valence-electron chi connectivity index (χ2n) is 6.09. The third-order valence-electron chi connectivity index (χ3n) is 4.29. The molecule has 1 heterocycles. The molecule has 2 aromatic carbocycles. The van der Waals surface area contributed by atoms with Crippen LogP contribution in [0.5, 0.6) is 11.5 Å². The first-order valence-electron chi connectivity index (χ1n) is 8.80. The minimum absolute atomic E-state index is 0.0781. The summed E-state index contributed by atoms with van der Waals surface area (Å²) in [5, 5.41) is 4.28. The van der Waals surface area contributed by atoms with E-state index in [0.29, 0.717) is 22.9 Å². The number of hydrogen-bond acceptors (Lipinski definition) is 7. The van der Waals surface area contributed by atoms with Gasteiger partial charge in [0.2, 0.25) is 21.7 Å². The number of nitrogens with zero attached hydrogens (tertiary/aromatic N) is 3. The molecule has 8 nitrogen and oxygen atoms in total. The van der Waals surface area contributed by atoms with Gasteiger partial charge in [-0.05, 0) is 36.4 Å². The fraction of sp³-hybridized carbons (Fsp3) is 0.263. The molecule has 0 N–H and O–H groups in total. The molecule has 0 aliphatic carbocycles. The highest BCUT2D eigenvalue weighted by Crippen LogP contribution is 2.32. The van der Waals surface area contributed by atoms with Crippen LogP contribution in [0.1, 0.15) is 12.8 Å². The van der Waals surface area contributed by atoms with Gasteiger partial charge in [-0.2, -0.15) is 9.29 Å². The van der Waals surface area contributed by atoms with Crippen molar-refractivity contribution < 1.29 is 22.4 Å². The van der Waals surface area contributed by atoms with E-state index in [9.17, 15) is 8.42 Å². The van der Waals surface area contributed by atoms with Gasteiger partial charge in [0.05, 0.1) is 25.8 Å². The number of methoxy groups -OCH3 is 2. The van der Waals surface area contributed by atoms with E-state index in [1.54, 1.807) is 25.1 Å². The quantitative estimate of drug-likeness (QED) is 0.483. The molecule has 0 saturated carbocycles. The molecule has 0 radical (unpaired) electrons. The van der Waals surface area contributed by atoms with Crippen molar-refractivity contribution >= 4 is 33.2 Å². The Balaban J connectivity index is 1.88. The van der Waals surface area contributed by atoms with E-state index in [0.717, 1.165) is 0 Å². The zero-order chi connectivity index (χ0) is 21.9. The topological polar surface area (TPSA) is 94.8 Å². The maximum absolute atomic E-state index is 13.0. The molecule has 0 aliphatic heterocycles. The van der Waals surface area contributed by atoms with Crippen molar-refractivity contribution in [2.75, 3.05) is 20.8 Å². The minimum atomic E-state index is -3.92. The first kappa shape index (κ1) is 22.4. The molecule has 11 heteroatoms. The Morgan fingerprint density at radius 3 is 2.47 bits per heavy atom. The maximum atomic E-state index is 13.0. The van der Waals surface area contributed by atoms with Gasteiger partial charge in [-0.15, -0.1) is 0 Å². The van der Waals surface area contributed by atoms with Gasteiger partial charge in [-0.25, -0.2) is 8.42 Å². The summed E-state index contributed by atoms with van der Waals surface area (Å²) in [5.41, 5.74) is 0.631. The van der Waals surface area contributed by atoms with Gasteiger partial charge in [0, 0.05) is 17.1 Å². The summed E-state index contributed by atoms with van der Waals surface area (Å²) in [7, 11) is -0.865. The predicted octanol–water partition coefficient (Wildman–Crippen LogP) is 4.27. The van der Waals surface area contributed by atoms with Crippen LogP contribution in [-0.4, -0.2) is 43.6 Å². The van der Waals surface area contributed by atoms with Crippen LogP contribution < -0.4 is 9.47 Å². The molecule has 0 atom stereocenters. The van der Waals surface area contributed by atoms with E-state index in [-0.39, 0.29) is 33.9 Å². The second kappa shape index (κ2) is 9.22. The van der Waals surface area contributed by atoms with Crippen LogP contribution in [0.15, 0.2) is 45.8 Å². The lowest BCUT2D eigenvalue weighted by molar-refractivity contribution is 0.321. The Morgan fingerprint density at radius 2 is 1.80 bits per heavy atom. The average molecular weight is 472 g/mol. The number of ether oxygens (including phenoxy) is 2. The van der Waals surface area contributed by atoms with Crippen LogP contribution in [0.4, 0.5) is 0 Å². The van der Waals surface area contributed by atoms with Crippen molar-refractivity contribution in [3.8, 4) is 22.9 Å². The van der Waals surface area contributed by atoms with E-state index < -0.39 is 10.0 Å². The minimum Gasteiger partial charge on any atom is -0.493 e. The predicted molar refractivity (Wildman–Crippen MR) is 113 cm³/mol. The molecule has 0 amide bonds. The number of hydrogen-bond donors (Lipinski definition) is 0. The molecule has 0 unspecified atom stereocenters. The molecule has 3 aromatic rings. The van der Waals surface area contributed by atoms with E-state index >= 15 is 0 Å². The monoisotopic (exact) mass is 471 g/mol. The smallest absolute Gasteiger partial charge is 0.245 e. The molecule has 160 valence electrons. The summed E-state index contributed by atoms with van der Waals surface area (Å²) in [6, 6.07) is 9.43. The molecule has 30 heavy (non-hydrogen) atoms. The van der Waals surface area contributed by atoms with Crippen LogP contribution in [0.3, 0.4) is 0 Å². The average Bonchev–Trinajstić information content (AvgIpc) is 3.21. The molecule has 0 fully saturated rings. The Morgan fingerprint density at radius 1 is 1.07 bits per heavy atom. The van der Waals surface area contributed by atoms with Crippen molar-refractivity contribution in [1.29, 1.82) is 0 Å². The number of aromatic nitrogens is 2. The van der Waals surface area contributed by atoms with Crippen LogP contribution in [0.25, 0.3) is 11.4 Å². The van der Waals surface area contributed by atoms with Gasteiger partial charge in [0.15, 0.2) is 11.5 Å². The van der Waals surface area contributed by atoms with Gasteiger partial charge >= 0.3 is 0 Å². The fourth-order valence-corrected chi connectivity index (χ4v) is 4.88. The van der Waals surface area contributed by atoms with Gasteiger partial charge < -0.3 is 14.0 Å². The van der Waals surface area contributed by atoms with Gasteiger partial charge in [-0.3, -0.25) is 0 Å². The third-order valence-corrected chi connectivity index (χ3v) is 6.92. The van der Waals surface area contributed by atoms with Crippen molar-refractivity contribution in [2.24, 2.45) is 0 Å². The summed E-state index contributed by atoms with van der Waals surface area (Å²) in [6.45, 7) is 1.74. The lowest BCUT2D eigenvalue weighted by Gasteiger charge is -2.19. The normalized spacial score (nSPS) is 11.7. The molecule has 3 rings (SSSR count). The van der Waals surface area contributed by atoms with Gasteiger partial charge in [-0.1, -0.05) is 35.3 Å². The molecule has 0 saturated heterocycles. The highest BCUT2D eigenvalue weighted by molar-refractivity contribution is 7.89. The third kappa shape index (κ3) is 4.54. The standard InChI is InChI=1S/C19H19Cl2N3O5S/c1-4-24(30(25,26)17-10-13(20)6-7-14(17)21)11-18-22-19(23-29-18)12-5-8-15(27-2)16(9-12)28-3/h5-10H,4,11H2,1-3H3. The highest BCUT2D eigenvalue weighted by Gasteiger charge is 2.28. The van der Waals surface area contributed by atoms with Gasteiger partial charge in [0.1, 0.15) is 4.90 Å². The van der Waals surface area contributed by atoms with Crippen LogP contribution >= 0.6 is 23.2 Å². The first-order chi connectivity index (χ1) is 14.3. The lowest BCUT2D eigenvalue weighted by Crippen LogP contribution is -2.30. The Hall–Kier alpha value is -2.33. The summed E-state index contributed by atoms with van der Waals surface area (Å²) in [4.78, 5) is 4.22. The van der Waals surface area contributed by atoms with E-state index in [2.05, 4.69) is 10.1 Å². The number of rotatable bonds is 8. The van der Waals surface area contributed by atoms with Crippen LogP contribution in [0.2, 0.25) is 10.0 Å². The summed E-state index contributed by atoms with van der Waals surface area (Å²) < 4.78 is 43.0. The summed E-state index contributed by atoms with van der Waals surface area (Å²) in [5.74, 6) is 1.49. The molecule has 0 aliphatic rings.